The summed E-state index contributed by atoms with van der Waals surface area (Å²) in [5.74, 6) is 0.0870. The highest BCUT2D eigenvalue weighted by molar-refractivity contribution is 7.90. The van der Waals surface area contributed by atoms with E-state index in [-0.39, 0.29) is 16.8 Å². The first-order valence-corrected chi connectivity index (χ1v) is 8.72. The third kappa shape index (κ3) is 2.71. The lowest BCUT2D eigenvalue weighted by Gasteiger charge is -2.17. The Morgan fingerprint density at radius 1 is 1.15 bits per heavy atom. The number of carbonyl (C=O) groups excluding carboxylic acids is 1. The van der Waals surface area contributed by atoms with Gasteiger partial charge in [-0.05, 0) is 43.5 Å². The zero-order chi connectivity index (χ0) is 14.3. The summed E-state index contributed by atoms with van der Waals surface area (Å²) in [6.45, 7) is 0.682. The third-order valence-corrected chi connectivity index (χ3v) is 4.92. The maximum absolute atomic E-state index is 12.3. The van der Waals surface area contributed by atoms with Crippen molar-refractivity contribution in [2.75, 3.05) is 17.7 Å². The maximum Gasteiger partial charge on any atom is 0.244 e. The quantitative estimate of drug-likeness (QED) is 0.898. The highest BCUT2D eigenvalue weighted by Crippen LogP contribution is 2.26. The lowest BCUT2D eigenvalue weighted by atomic mass is 10.2. The van der Waals surface area contributed by atoms with Crippen molar-refractivity contribution in [2.45, 2.75) is 36.2 Å². The molecule has 1 heterocycles. The van der Waals surface area contributed by atoms with Gasteiger partial charge in [0.2, 0.25) is 5.91 Å². The van der Waals surface area contributed by atoms with Gasteiger partial charge < -0.3 is 10.2 Å². The number of nitrogens with zero attached hydrogens (tertiary/aromatic N) is 1. The van der Waals surface area contributed by atoms with Crippen LogP contribution in [0.5, 0.6) is 0 Å². The van der Waals surface area contributed by atoms with E-state index in [1.807, 2.05) is 0 Å². The molecule has 3 rings (SSSR count). The van der Waals surface area contributed by atoms with Crippen LogP contribution >= 0.6 is 0 Å². The summed E-state index contributed by atoms with van der Waals surface area (Å²) >= 11 is 0. The number of hydrogen-bond donors (Lipinski definition) is 1. The van der Waals surface area contributed by atoms with E-state index in [0.29, 0.717) is 12.6 Å². The molecule has 2 fully saturated rings. The van der Waals surface area contributed by atoms with Gasteiger partial charge in [0.1, 0.15) is 0 Å². The molecule has 1 saturated heterocycles. The zero-order valence-corrected chi connectivity index (χ0v) is 12.2. The molecule has 108 valence electrons. The first-order valence-electron chi connectivity index (χ1n) is 6.83. The van der Waals surface area contributed by atoms with Gasteiger partial charge >= 0.3 is 0 Å². The van der Waals surface area contributed by atoms with Crippen LogP contribution in [0.25, 0.3) is 0 Å². The Bertz CT molecular complexity index is 620. The molecule has 0 aromatic heterocycles. The highest BCUT2D eigenvalue weighted by Gasteiger charge is 2.36. The fourth-order valence-electron chi connectivity index (χ4n) is 2.50. The molecule has 0 radical (unpaired) electrons. The summed E-state index contributed by atoms with van der Waals surface area (Å²) < 4.78 is 22.8. The van der Waals surface area contributed by atoms with Crippen LogP contribution in [0.4, 0.5) is 5.69 Å². The maximum atomic E-state index is 12.3. The normalized spacial score (nSPS) is 23.4. The molecule has 5 nitrogen and oxygen atoms in total. The number of benzene rings is 1. The summed E-state index contributed by atoms with van der Waals surface area (Å²) in [6.07, 6.45) is 4.31. The molecular formula is C14H18N2O3S. The average Bonchev–Trinajstić information content (AvgIpc) is 3.14. The smallest absolute Gasteiger partial charge is 0.244 e. The number of anilines is 1. The van der Waals surface area contributed by atoms with Crippen molar-refractivity contribution in [2.24, 2.45) is 0 Å². The number of sulfone groups is 1. The van der Waals surface area contributed by atoms with Crippen molar-refractivity contribution in [3.05, 3.63) is 24.3 Å². The van der Waals surface area contributed by atoms with Gasteiger partial charge in [-0.15, -0.1) is 0 Å². The van der Waals surface area contributed by atoms with Crippen molar-refractivity contribution < 1.29 is 13.2 Å². The standard InChI is InChI=1S/C14H18N2O3S/c1-20(18,19)12-6-4-11(5-7-12)16-9-8-13(14(16)17)15-10-2-3-10/h4-7,10,13,15H,2-3,8-9H2,1H3. The molecule has 1 amide bonds. The van der Waals surface area contributed by atoms with Gasteiger partial charge in [-0.2, -0.15) is 0 Å². The van der Waals surface area contributed by atoms with Crippen LogP contribution in [0.3, 0.4) is 0 Å². The average molecular weight is 294 g/mol. The van der Waals surface area contributed by atoms with Crippen LogP contribution in [0.2, 0.25) is 0 Å². The van der Waals surface area contributed by atoms with Crippen molar-refractivity contribution in [1.29, 1.82) is 0 Å². The van der Waals surface area contributed by atoms with E-state index in [9.17, 15) is 13.2 Å². The van der Waals surface area contributed by atoms with Crippen LogP contribution in [-0.4, -0.2) is 39.2 Å². The first kappa shape index (κ1) is 13.6. The molecule has 1 atom stereocenters. The second-order valence-corrected chi connectivity index (χ2v) is 7.55. The van der Waals surface area contributed by atoms with E-state index in [1.165, 1.54) is 6.26 Å². The number of rotatable bonds is 4. The Morgan fingerprint density at radius 3 is 2.35 bits per heavy atom. The summed E-state index contributed by atoms with van der Waals surface area (Å²) in [6, 6.07) is 6.94. The SMILES string of the molecule is CS(=O)(=O)c1ccc(N2CCC(NC3CC3)C2=O)cc1. The van der Waals surface area contributed by atoms with E-state index in [4.69, 9.17) is 0 Å². The molecule has 0 bridgehead atoms. The molecule has 1 saturated carbocycles. The Balaban J connectivity index is 1.74. The van der Waals surface area contributed by atoms with Crippen LogP contribution in [0.1, 0.15) is 19.3 Å². The lowest BCUT2D eigenvalue weighted by molar-refractivity contribution is -0.118. The van der Waals surface area contributed by atoms with Gasteiger partial charge in [0.25, 0.3) is 0 Å². The minimum absolute atomic E-state index is 0.0860. The van der Waals surface area contributed by atoms with Crippen molar-refractivity contribution in [1.82, 2.24) is 5.32 Å². The van der Waals surface area contributed by atoms with Gasteiger partial charge in [-0.3, -0.25) is 4.79 Å². The Hall–Kier alpha value is -1.40. The Morgan fingerprint density at radius 2 is 1.80 bits per heavy atom. The molecule has 1 aliphatic carbocycles. The minimum Gasteiger partial charge on any atom is -0.311 e. The van der Waals surface area contributed by atoms with Gasteiger partial charge in [0.05, 0.1) is 10.9 Å². The van der Waals surface area contributed by atoms with E-state index in [0.717, 1.165) is 24.9 Å². The van der Waals surface area contributed by atoms with Crippen LogP contribution < -0.4 is 10.2 Å². The van der Waals surface area contributed by atoms with Gasteiger partial charge in [-0.1, -0.05) is 0 Å². The molecule has 1 aromatic rings. The molecular weight excluding hydrogens is 276 g/mol. The molecule has 1 aromatic carbocycles. The van der Waals surface area contributed by atoms with E-state index in [1.54, 1.807) is 29.2 Å². The summed E-state index contributed by atoms with van der Waals surface area (Å²) in [7, 11) is -3.19. The largest absolute Gasteiger partial charge is 0.311 e. The molecule has 2 aliphatic rings. The van der Waals surface area contributed by atoms with E-state index >= 15 is 0 Å². The Kier molecular flexibility index (Phi) is 3.30. The number of nitrogens with one attached hydrogen (secondary N) is 1. The predicted molar refractivity (Wildman–Crippen MR) is 76.5 cm³/mol. The predicted octanol–water partition coefficient (Wildman–Crippen LogP) is 0.947. The summed E-state index contributed by atoms with van der Waals surface area (Å²) in [4.78, 5) is 14.3. The van der Waals surface area contributed by atoms with E-state index in [2.05, 4.69) is 5.32 Å². The first-order chi connectivity index (χ1) is 9.45. The second kappa shape index (κ2) is 4.86. The van der Waals surface area contributed by atoms with Crippen LogP contribution in [0.15, 0.2) is 29.2 Å². The minimum atomic E-state index is -3.19. The van der Waals surface area contributed by atoms with Crippen molar-refractivity contribution >= 4 is 21.4 Å². The summed E-state index contributed by atoms with van der Waals surface area (Å²) in [5.41, 5.74) is 0.766. The molecule has 6 heteroatoms. The lowest BCUT2D eigenvalue weighted by Crippen LogP contribution is -2.39. The topological polar surface area (TPSA) is 66.5 Å². The molecule has 1 aliphatic heterocycles. The van der Waals surface area contributed by atoms with Crippen LogP contribution in [0, 0.1) is 0 Å². The second-order valence-electron chi connectivity index (χ2n) is 5.54. The molecule has 20 heavy (non-hydrogen) atoms. The van der Waals surface area contributed by atoms with Crippen LogP contribution in [-0.2, 0) is 14.6 Å². The van der Waals surface area contributed by atoms with Gasteiger partial charge in [-0.25, -0.2) is 8.42 Å². The Labute approximate surface area is 118 Å². The van der Waals surface area contributed by atoms with Gasteiger partial charge in [0.15, 0.2) is 9.84 Å². The van der Waals surface area contributed by atoms with Gasteiger partial charge in [0, 0.05) is 24.5 Å². The number of hydrogen-bond acceptors (Lipinski definition) is 4. The number of amides is 1. The zero-order valence-electron chi connectivity index (χ0n) is 11.4. The van der Waals surface area contributed by atoms with E-state index < -0.39 is 9.84 Å². The monoisotopic (exact) mass is 294 g/mol. The summed E-state index contributed by atoms with van der Waals surface area (Å²) in [5, 5.41) is 3.35. The molecule has 0 spiro atoms. The number of carbonyl (C=O) groups is 1. The fraction of sp³-hybridized carbons (Fsp3) is 0.500. The van der Waals surface area contributed by atoms with Crippen molar-refractivity contribution in [3.63, 3.8) is 0 Å². The fourth-order valence-corrected chi connectivity index (χ4v) is 3.13. The molecule has 1 N–H and O–H groups in total. The molecule has 1 unspecified atom stereocenters. The van der Waals surface area contributed by atoms with Crippen molar-refractivity contribution in [3.8, 4) is 0 Å². The highest BCUT2D eigenvalue weighted by atomic mass is 32.2. The third-order valence-electron chi connectivity index (χ3n) is 3.80.